The SMILES string of the molecule is CCCC(CCC)C(CC)C(CCC)CCC. The molecule has 104 valence electrons. The Labute approximate surface area is 111 Å². The van der Waals surface area contributed by atoms with Gasteiger partial charge in [-0.15, -0.1) is 0 Å². The van der Waals surface area contributed by atoms with E-state index in [4.69, 9.17) is 0 Å². The maximum Gasteiger partial charge on any atom is -0.0360 e. The zero-order chi connectivity index (χ0) is 13.1. The van der Waals surface area contributed by atoms with Crippen molar-refractivity contribution in [2.45, 2.75) is 92.4 Å². The van der Waals surface area contributed by atoms with E-state index in [1.54, 1.807) is 0 Å². The number of hydrogen-bond donors (Lipinski definition) is 0. The Morgan fingerprint density at radius 1 is 0.529 bits per heavy atom. The molecule has 0 aliphatic heterocycles. The molecular weight excluding hydrogens is 204 g/mol. The van der Waals surface area contributed by atoms with E-state index in [1.807, 2.05) is 0 Å². The predicted molar refractivity (Wildman–Crippen MR) is 80.4 cm³/mol. The average molecular weight is 240 g/mol. The van der Waals surface area contributed by atoms with Crippen LogP contribution >= 0.6 is 0 Å². The van der Waals surface area contributed by atoms with E-state index in [0.717, 1.165) is 17.8 Å². The van der Waals surface area contributed by atoms with Crippen LogP contribution in [0.2, 0.25) is 0 Å². The number of rotatable bonds is 11. The van der Waals surface area contributed by atoms with E-state index >= 15 is 0 Å². The second-order valence-electron chi connectivity index (χ2n) is 5.75. The van der Waals surface area contributed by atoms with Gasteiger partial charge in [0.25, 0.3) is 0 Å². The van der Waals surface area contributed by atoms with Crippen LogP contribution in [0, 0.1) is 17.8 Å². The van der Waals surface area contributed by atoms with Crippen molar-refractivity contribution in [2.75, 3.05) is 0 Å². The average Bonchev–Trinajstić information content (AvgIpc) is 2.31. The van der Waals surface area contributed by atoms with Gasteiger partial charge in [-0.25, -0.2) is 0 Å². The highest BCUT2D eigenvalue weighted by Gasteiger charge is 2.25. The molecule has 0 spiro atoms. The second kappa shape index (κ2) is 11.1. The Balaban J connectivity index is 4.55. The molecule has 0 heteroatoms. The van der Waals surface area contributed by atoms with Crippen LogP contribution in [-0.4, -0.2) is 0 Å². The predicted octanol–water partition coefficient (Wildman–Crippen LogP) is 6.45. The van der Waals surface area contributed by atoms with Gasteiger partial charge in [0, 0.05) is 0 Å². The van der Waals surface area contributed by atoms with Crippen molar-refractivity contribution in [3.8, 4) is 0 Å². The summed E-state index contributed by atoms with van der Waals surface area (Å²) >= 11 is 0. The van der Waals surface area contributed by atoms with Gasteiger partial charge in [0.15, 0.2) is 0 Å². The van der Waals surface area contributed by atoms with Crippen LogP contribution in [-0.2, 0) is 0 Å². The molecule has 0 rings (SSSR count). The zero-order valence-electron chi connectivity index (χ0n) is 13.1. The molecule has 0 atom stereocenters. The van der Waals surface area contributed by atoms with Gasteiger partial charge in [-0.2, -0.15) is 0 Å². The van der Waals surface area contributed by atoms with Crippen LogP contribution in [0.15, 0.2) is 0 Å². The lowest BCUT2D eigenvalue weighted by atomic mass is 9.72. The van der Waals surface area contributed by atoms with Gasteiger partial charge in [0.05, 0.1) is 0 Å². The standard InChI is InChI=1S/C17H36/c1-6-11-15(12-7-2)17(10-5)16(13-8-3)14-9-4/h15-17H,6-14H2,1-5H3. The molecule has 0 radical (unpaired) electrons. The largest absolute Gasteiger partial charge is 0.0654 e. The highest BCUT2D eigenvalue weighted by Crippen LogP contribution is 2.36. The summed E-state index contributed by atoms with van der Waals surface area (Å²) in [6, 6.07) is 0. The molecule has 0 aliphatic carbocycles. The minimum absolute atomic E-state index is 0.995. The van der Waals surface area contributed by atoms with Crippen LogP contribution in [0.1, 0.15) is 92.4 Å². The Morgan fingerprint density at radius 3 is 1.00 bits per heavy atom. The van der Waals surface area contributed by atoms with Gasteiger partial charge < -0.3 is 0 Å². The molecule has 0 bridgehead atoms. The molecule has 0 aliphatic rings. The van der Waals surface area contributed by atoms with E-state index in [1.165, 1.54) is 57.8 Å². The van der Waals surface area contributed by atoms with Crippen LogP contribution in [0.3, 0.4) is 0 Å². The van der Waals surface area contributed by atoms with Gasteiger partial charge in [0.1, 0.15) is 0 Å². The summed E-state index contributed by atoms with van der Waals surface area (Å²) in [5, 5.41) is 0. The van der Waals surface area contributed by atoms with E-state index in [0.29, 0.717) is 0 Å². The summed E-state index contributed by atoms with van der Waals surface area (Å²) in [6.07, 6.45) is 12.7. The Morgan fingerprint density at radius 2 is 0.824 bits per heavy atom. The molecule has 0 aromatic heterocycles. The summed E-state index contributed by atoms with van der Waals surface area (Å²) in [4.78, 5) is 0. The van der Waals surface area contributed by atoms with Crippen molar-refractivity contribution in [3.05, 3.63) is 0 Å². The van der Waals surface area contributed by atoms with E-state index in [2.05, 4.69) is 34.6 Å². The van der Waals surface area contributed by atoms with Crippen LogP contribution < -0.4 is 0 Å². The molecule has 0 heterocycles. The Kier molecular flexibility index (Phi) is 11.1. The smallest absolute Gasteiger partial charge is 0.0360 e. The molecule has 17 heavy (non-hydrogen) atoms. The van der Waals surface area contributed by atoms with Crippen molar-refractivity contribution >= 4 is 0 Å². The first kappa shape index (κ1) is 17.0. The minimum Gasteiger partial charge on any atom is -0.0654 e. The molecule has 0 unspecified atom stereocenters. The first-order valence-electron chi connectivity index (χ1n) is 8.24. The van der Waals surface area contributed by atoms with E-state index in [-0.39, 0.29) is 0 Å². The van der Waals surface area contributed by atoms with Crippen molar-refractivity contribution in [3.63, 3.8) is 0 Å². The molecule has 0 aromatic rings. The molecule has 0 N–H and O–H groups in total. The van der Waals surface area contributed by atoms with Crippen molar-refractivity contribution in [2.24, 2.45) is 17.8 Å². The van der Waals surface area contributed by atoms with Gasteiger partial charge in [0.2, 0.25) is 0 Å². The fourth-order valence-corrected chi connectivity index (χ4v) is 3.68. The molecule has 0 aromatic carbocycles. The van der Waals surface area contributed by atoms with Crippen LogP contribution in [0.25, 0.3) is 0 Å². The van der Waals surface area contributed by atoms with E-state index < -0.39 is 0 Å². The Bertz CT molecular complexity index is 122. The first-order chi connectivity index (χ1) is 8.24. The maximum atomic E-state index is 2.42. The lowest BCUT2D eigenvalue weighted by Crippen LogP contribution is -2.23. The van der Waals surface area contributed by atoms with Crippen molar-refractivity contribution in [1.82, 2.24) is 0 Å². The van der Waals surface area contributed by atoms with E-state index in [9.17, 15) is 0 Å². The topological polar surface area (TPSA) is 0 Å². The fourth-order valence-electron chi connectivity index (χ4n) is 3.68. The van der Waals surface area contributed by atoms with Crippen molar-refractivity contribution in [1.29, 1.82) is 0 Å². The van der Waals surface area contributed by atoms with Crippen LogP contribution in [0.5, 0.6) is 0 Å². The second-order valence-corrected chi connectivity index (χ2v) is 5.75. The van der Waals surface area contributed by atoms with Crippen LogP contribution in [0.4, 0.5) is 0 Å². The molecule has 0 fully saturated rings. The summed E-state index contributed by atoms with van der Waals surface area (Å²) in [6.45, 7) is 11.8. The third kappa shape index (κ3) is 6.48. The third-order valence-electron chi connectivity index (χ3n) is 4.32. The highest BCUT2D eigenvalue weighted by molar-refractivity contribution is 4.76. The Hall–Kier alpha value is 0. The zero-order valence-corrected chi connectivity index (χ0v) is 13.1. The fraction of sp³-hybridized carbons (Fsp3) is 1.00. The third-order valence-corrected chi connectivity index (χ3v) is 4.32. The maximum absolute atomic E-state index is 2.42. The highest BCUT2D eigenvalue weighted by atomic mass is 14.3. The monoisotopic (exact) mass is 240 g/mol. The lowest BCUT2D eigenvalue weighted by molar-refractivity contribution is 0.174. The number of hydrogen-bond acceptors (Lipinski definition) is 0. The molecule has 0 nitrogen and oxygen atoms in total. The summed E-state index contributed by atoms with van der Waals surface area (Å²) < 4.78 is 0. The normalized spacial score (nSPS) is 12.0. The summed E-state index contributed by atoms with van der Waals surface area (Å²) in [5.74, 6) is 2.99. The van der Waals surface area contributed by atoms with Gasteiger partial charge >= 0.3 is 0 Å². The van der Waals surface area contributed by atoms with Crippen molar-refractivity contribution < 1.29 is 0 Å². The first-order valence-corrected chi connectivity index (χ1v) is 8.24. The summed E-state index contributed by atoms with van der Waals surface area (Å²) in [5.41, 5.74) is 0. The molecule has 0 saturated carbocycles. The molecule has 0 amide bonds. The molecular formula is C17H36. The molecule has 0 saturated heterocycles. The summed E-state index contributed by atoms with van der Waals surface area (Å²) in [7, 11) is 0. The van der Waals surface area contributed by atoms with Gasteiger partial charge in [-0.05, 0) is 17.8 Å². The van der Waals surface area contributed by atoms with Gasteiger partial charge in [-0.1, -0.05) is 92.4 Å². The minimum atomic E-state index is 0.995. The quantitative estimate of drug-likeness (QED) is 0.389. The van der Waals surface area contributed by atoms with Gasteiger partial charge in [-0.3, -0.25) is 0 Å². The lowest BCUT2D eigenvalue weighted by Gasteiger charge is -2.33.